The van der Waals surface area contributed by atoms with Gasteiger partial charge in [-0.15, -0.1) is 10.2 Å². The summed E-state index contributed by atoms with van der Waals surface area (Å²) in [5.74, 6) is 6.24. The number of hydrogen-bond acceptors (Lipinski definition) is 11. The number of nitrogens with two attached hydrogens (primary N) is 1. The Kier molecular flexibility index (Phi) is 3.22. The number of aryl methyl sites for hydroxylation is 1. The second-order valence-corrected chi connectivity index (χ2v) is 4.33. The zero-order valence-electron chi connectivity index (χ0n) is 10.1. The van der Waals surface area contributed by atoms with Crippen LogP contribution in [0.5, 0.6) is 0 Å². The van der Waals surface area contributed by atoms with E-state index in [0.29, 0.717) is 16.3 Å². The highest BCUT2D eigenvalue weighted by atomic mass is 32.2. The number of nitrogen functional groups attached to an aromatic ring is 1. The summed E-state index contributed by atoms with van der Waals surface area (Å²) in [7, 11) is 0. The second kappa shape index (κ2) is 5.18. The van der Waals surface area contributed by atoms with E-state index in [9.17, 15) is 0 Å². The van der Waals surface area contributed by atoms with Crippen LogP contribution in [0.15, 0.2) is 27.5 Å². The van der Waals surface area contributed by atoms with E-state index >= 15 is 0 Å². The summed E-state index contributed by atoms with van der Waals surface area (Å²) in [6, 6.07) is 0. The number of rotatable bonds is 4. The Morgan fingerprint density at radius 3 is 2.85 bits per heavy atom. The molecule has 3 aromatic heterocycles. The molecular weight excluding hydrogens is 284 g/mol. The molecule has 0 unspecified atom stereocenters. The molecule has 0 radical (unpaired) electrons. The number of nitrogens with one attached hydrogen (secondary N) is 1. The quantitative estimate of drug-likeness (QED) is 0.477. The van der Waals surface area contributed by atoms with E-state index in [0.717, 1.165) is 11.8 Å². The lowest BCUT2D eigenvalue weighted by molar-refractivity contribution is 0.429. The molecule has 12 heteroatoms. The third-order valence-electron chi connectivity index (χ3n) is 2.04. The van der Waals surface area contributed by atoms with Crippen LogP contribution in [0.25, 0.3) is 5.95 Å². The van der Waals surface area contributed by atoms with Crippen LogP contribution in [-0.2, 0) is 0 Å². The molecule has 0 aliphatic rings. The monoisotopic (exact) mass is 292 g/mol. The van der Waals surface area contributed by atoms with Gasteiger partial charge in [0.15, 0.2) is 0 Å². The zero-order chi connectivity index (χ0) is 13.9. The predicted molar refractivity (Wildman–Crippen MR) is 65.7 cm³/mol. The lowest BCUT2D eigenvalue weighted by Crippen LogP contribution is -2.14. The van der Waals surface area contributed by atoms with Gasteiger partial charge in [-0.1, -0.05) is 0 Å². The van der Waals surface area contributed by atoms with Gasteiger partial charge in [-0.3, -0.25) is 5.43 Å². The summed E-state index contributed by atoms with van der Waals surface area (Å²) >= 11 is 1.09. The van der Waals surface area contributed by atoms with Gasteiger partial charge in [-0.25, -0.2) is 10.8 Å². The molecule has 0 fully saturated rings. The van der Waals surface area contributed by atoms with Crippen LogP contribution in [0.4, 0.5) is 5.95 Å². The molecule has 0 aliphatic heterocycles. The van der Waals surface area contributed by atoms with Gasteiger partial charge in [0.2, 0.25) is 17.0 Å². The van der Waals surface area contributed by atoms with Crippen LogP contribution < -0.4 is 11.3 Å². The van der Waals surface area contributed by atoms with Crippen molar-refractivity contribution in [1.29, 1.82) is 0 Å². The summed E-state index contributed by atoms with van der Waals surface area (Å²) in [5.41, 5.74) is 2.36. The molecule has 0 spiro atoms. The third-order valence-corrected chi connectivity index (χ3v) is 2.75. The minimum absolute atomic E-state index is 0.184. The molecule has 0 atom stereocenters. The highest BCUT2D eigenvalue weighted by Crippen LogP contribution is 2.23. The van der Waals surface area contributed by atoms with Gasteiger partial charge in [0, 0.05) is 18.7 Å². The van der Waals surface area contributed by atoms with E-state index in [-0.39, 0.29) is 11.9 Å². The van der Waals surface area contributed by atoms with Crippen LogP contribution in [0.2, 0.25) is 0 Å². The molecule has 0 bridgehead atoms. The Hall–Kier alpha value is -2.60. The van der Waals surface area contributed by atoms with E-state index in [1.165, 1.54) is 17.3 Å². The molecule has 0 amide bonds. The maximum atomic E-state index is 5.33. The van der Waals surface area contributed by atoms with E-state index in [1.54, 1.807) is 6.92 Å². The molecule has 11 nitrogen and oxygen atoms in total. The molecule has 0 aliphatic carbocycles. The summed E-state index contributed by atoms with van der Waals surface area (Å²) in [6.07, 6.45) is 2.83. The second-order valence-electron chi connectivity index (χ2n) is 3.42. The molecule has 0 saturated carbocycles. The lowest BCUT2D eigenvalue weighted by Gasteiger charge is -2.03. The van der Waals surface area contributed by atoms with Gasteiger partial charge in [0.1, 0.15) is 12.7 Å². The van der Waals surface area contributed by atoms with Crippen molar-refractivity contribution >= 4 is 17.7 Å². The first-order chi connectivity index (χ1) is 9.74. The fraction of sp³-hybridized carbons (Fsp3) is 0.125. The summed E-state index contributed by atoms with van der Waals surface area (Å²) < 4.78 is 6.63. The van der Waals surface area contributed by atoms with Gasteiger partial charge in [-0.2, -0.15) is 24.7 Å². The van der Waals surface area contributed by atoms with Crippen molar-refractivity contribution in [2.45, 2.75) is 17.3 Å². The number of nitrogens with zero attached hydrogens (tertiary/aromatic N) is 8. The SMILES string of the molecule is Cc1nnc(Sc2nc(NN)nc(-n3cncn3)n2)o1. The molecule has 102 valence electrons. The van der Waals surface area contributed by atoms with E-state index < -0.39 is 0 Å². The van der Waals surface area contributed by atoms with E-state index in [2.05, 4.69) is 40.7 Å². The van der Waals surface area contributed by atoms with Crippen LogP contribution >= 0.6 is 11.8 Å². The minimum Gasteiger partial charge on any atom is -0.416 e. The van der Waals surface area contributed by atoms with Crippen molar-refractivity contribution in [3.8, 4) is 5.95 Å². The van der Waals surface area contributed by atoms with Crippen molar-refractivity contribution < 1.29 is 4.42 Å². The molecule has 3 aromatic rings. The first-order valence-corrected chi connectivity index (χ1v) is 6.12. The van der Waals surface area contributed by atoms with Gasteiger partial charge in [0.05, 0.1) is 0 Å². The summed E-state index contributed by atoms with van der Waals surface area (Å²) in [6.45, 7) is 1.69. The average Bonchev–Trinajstić information content (AvgIpc) is 3.10. The van der Waals surface area contributed by atoms with Crippen molar-refractivity contribution in [3.05, 3.63) is 18.5 Å². The van der Waals surface area contributed by atoms with Gasteiger partial charge in [-0.05, 0) is 0 Å². The van der Waals surface area contributed by atoms with Crippen LogP contribution in [0, 0.1) is 6.92 Å². The van der Waals surface area contributed by atoms with Crippen LogP contribution in [0.1, 0.15) is 5.89 Å². The lowest BCUT2D eigenvalue weighted by atomic mass is 10.8. The number of anilines is 1. The van der Waals surface area contributed by atoms with Crippen molar-refractivity contribution in [2.75, 3.05) is 5.43 Å². The molecule has 0 saturated heterocycles. The van der Waals surface area contributed by atoms with Gasteiger partial charge in [0.25, 0.3) is 11.2 Å². The Morgan fingerprint density at radius 2 is 2.20 bits per heavy atom. The maximum absolute atomic E-state index is 5.33. The molecule has 3 rings (SSSR count). The molecule has 3 heterocycles. The minimum atomic E-state index is 0.184. The number of aromatic nitrogens is 8. The van der Waals surface area contributed by atoms with Crippen LogP contribution in [-0.4, -0.2) is 39.9 Å². The first kappa shape index (κ1) is 12.4. The largest absolute Gasteiger partial charge is 0.416 e. The highest BCUT2D eigenvalue weighted by Gasteiger charge is 2.12. The zero-order valence-corrected chi connectivity index (χ0v) is 10.9. The smallest absolute Gasteiger partial charge is 0.284 e. The normalized spacial score (nSPS) is 10.7. The number of hydrazine groups is 1. The fourth-order valence-corrected chi connectivity index (χ4v) is 1.93. The summed E-state index contributed by atoms with van der Waals surface area (Å²) in [4.78, 5) is 16.2. The molecule has 3 N–H and O–H groups in total. The predicted octanol–water partition coefficient (Wildman–Crippen LogP) is -0.419. The fourth-order valence-electron chi connectivity index (χ4n) is 1.27. The Balaban J connectivity index is 1.96. The topological polar surface area (TPSA) is 146 Å². The van der Waals surface area contributed by atoms with Crippen molar-refractivity contribution in [1.82, 2.24) is 39.9 Å². The Labute approximate surface area is 116 Å². The maximum Gasteiger partial charge on any atom is 0.284 e. The van der Waals surface area contributed by atoms with Gasteiger partial charge >= 0.3 is 0 Å². The van der Waals surface area contributed by atoms with E-state index in [4.69, 9.17) is 10.3 Å². The van der Waals surface area contributed by atoms with Gasteiger partial charge < -0.3 is 4.42 Å². The molecular formula is C8H8N10OS. The molecule has 0 aromatic carbocycles. The third kappa shape index (κ3) is 2.55. The summed E-state index contributed by atoms with van der Waals surface area (Å²) in [5, 5.41) is 12.2. The van der Waals surface area contributed by atoms with Crippen molar-refractivity contribution in [2.24, 2.45) is 5.84 Å². The molecule has 20 heavy (non-hydrogen) atoms. The number of hydrogen-bond donors (Lipinski definition) is 2. The standard InChI is InChI=1S/C8H8N10OS/c1-4-16-17-8(19-4)20-7-13-5(15-9)12-6(14-7)18-3-10-2-11-18/h2-3H,9H2,1H3,(H,12,13,14,15). The Bertz CT molecular complexity index is 710. The van der Waals surface area contributed by atoms with Crippen molar-refractivity contribution in [3.63, 3.8) is 0 Å². The average molecular weight is 292 g/mol. The first-order valence-electron chi connectivity index (χ1n) is 5.30. The van der Waals surface area contributed by atoms with Crippen LogP contribution in [0.3, 0.4) is 0 Å². The highest BCUT2D eigenvalue weighted by molar-refractivity contribution is 7.98. The van der Waals surface area contributed by atoms with E-state index in [1.807, 2.05) is 0 Å². The Morgan fingerprint density at radius 1 is 1.30 bits per heavy atom.